The Balaban J connectivity index is 1.35. The van der Waals surface area contributed by atoms with Crippen molar-refractivity contribution in [2.75, 3.05) is 0 Å². The number of carbonyl (C=O) groups is 2. The van der Waals surface area contributed by atoms with E-state index in [-0.39, 0.29) is 0 Å². The number of amides is 2. The first-order chi connectivity index (χ1) is 16.2. The number of nitrogens with zero attached hydrogens (tertiary/aromatic N) is 2. The Morgan fingerprint density at radius 3 is 2.67 bits per heavy atom. The number of hydrogen-bond acceptors (Lipinski definition) is 5. The number of aromatic nitrogens is 2. The van der Waals surface area contributed by atoms with E-state index in [1.807, 2.05) is 48.5 Å². The minimum atomic E-state index is -0.471. The van der Waals surface area contributed by atoms with Gasteiger partial charge in [0.05, 0.1) is 22.9 Å². The van der Waals surface area contributed by atoms with Crippen LogP contribution in [0.2, 0.25) is 0 Å². The molecule has 7 nitrogen and oxygen atoms in total. The van der Waals surface area contributed by atoms with Crippen molar-refractivity contribution in [1.29, 1.82) is 0 Å². The van der Waals surface area contributed by atoms with Crippen molar-refractivity contribution in [3.8, 4) is 11.5 Å². The number of nitrogens with one attached hydrogen (secondary N) is 2. The van der Waals surface area contributed by atoms with E-state index in [0.717, 1.165) is 16.5 Å². The number of benzene rings is 2. The highest BCUT2D eigenvalue weighted by Crippen LogP contribution is 2.25. The molecule has 2 aromatic carbocycles. The van der Waals surface area contributed by atoms with E-state index in [2.05, 4.69) is 20.8 Å². The minimum Gasteiger partial charge on any atom is -0.463 e. The standard InChI is InChI=1S/C26H18N4O3/c31-24(13-12-18-7-3-6-17-8-4-14-27-25(17)18)29-30-26(32)20-16-22(23-11-5-15-33-23)28-21-10-2-1-9-19(20)21/h1-16H,(H,29,31)(H,30,32)/b13-12+. The maximum atomic E-state index is 12.9. The van der Waals surface area contributed by atoms with Gasteiger partial charge in [0.2, 0.25) is 0 Å². The number of carbonyl (C=O) groups excluding carboxylic acids is 2. The lowest BCUT2D eigenvalue weighted by Gasteiger charge is -2.10. The van der Waals surface area contributed by atoms with Gasteiger partial charge in [-0.25, -0.2) is 4.98 Å². The third-order valence-electron chi connectivity index (χ3n) is 5.11. The quantitative estimate of drug-likeness (QED) is 0.320. The molecule has 0 unspecified atom stereocenters. The molecule has 0 bridgehead atoms. The van der Waals surface area contributed by atoms with E-state index in [9.17, 15) is 9.59 Å². The van der Waals surface area contributed by atoms with Crippen molar-refractivity contribution in [2.24, 2.45) is 0 Å². The minimum absolute atomic E-state index is 0.370. The fourth-order valence-corrected chi connectivity index (χ4v) is 3.57. The summed E-state index contributed by atoms with van der Waals surface area (Å²) in [4.78, 5) is 34.2. The van der Waals surface area contributed by atoms with Crippen LogP contribution >= 0.6 is 0 Å². The summed E-state index contributed by atoms with van der Waals surface area (Å²) in [6, 6.07) is 22.0. The van der Waals surface area contributed by atoms with Crippen molar-refractivity contribution in [1.82, 2.24) is 20.8 Å². The number of fused-ring (bicyclic) bond motifs is 2. The first-order valence-electron chi connectivity index (χ1n) is 10.2. The number of hydrazine groups is 1. The van der Waals surface area contributed by atoms with E-state index >= 15 is 0 Å². The van der Waals surface area contributed by atoms with Crippen LogP contribution < -0.4 is 10.9 Å². The monoisotopic (exact) mass is 434 g/mol. The first kappa shape index (κ1) is 20.1. The Bertz CT molecular complexity index is 1500. The maximum absolute atomic E-state index is 12.9. The summed E-state index contributed by atoms with van der Waals surface area (Å²) in [6.45, 7) is 0. The SMILES string of the molecule is O=C(/C=C/c1cccc2cccnc12)NNC(=O)c1cc(-c2ccco2)nc2ccccc12. The largest absolute Gasteiger partial charge is 0.463 e. The van der Waals surface area contributed by atoms with Gasteiger partial charge in [0.25, 0.3) is 11.8 Å². The molecule has 160 valence electrons. The van der Waals surface area contributed by atoms with E-state index in [0.29, 0.717) is 27.9 Å². The van der Waals surface area contributed by atoms with Crippen LogP contribution in [0.1, 0.15) is 15.9 Å². The summed E-state index contributed by atoms with van der Waals surface area (Å²) in [5, 5.41) is 1.64. The average molecular weight is 434 g/mol. The smallest absolute Gasteiger partial charge is 0.270 e. The van der Waals surface area contributed by atoms with Crippen molar-refractivity contribution >= 4 is 39.7 Å². The zero-order valence-corrected chi connectivity index (χ0v) is 17.4. The molecular weight excluding hydrogens is 416 g/mol. The van der Waals surface area contributed by atoms with Gasteiger partial charge in [0.15, 0.2) is 5.76 Å². The molecule has 5 aromatic rings. The Kier molecular flexibility index (Phi) is 5.35. The van der Waals surface area contributed by atoms with Crippen LogP contribution in [0.25, 0.3) is 39.3 Å². The van der Waals surface area contributed by atoms with E-state index in [1.165, 1.54) is 6.08 Å². The van der Waals surface area contributed by atoms with Crippen molar-refractivity contribution < 1.29 is 14.0 Å². The molecule has 0 saturated carbocycles. The molecule has 2 amide bonds. The molecule has 0 fully saturated rings. The molecule has 3 heterocycles. The van der Waals surface area contributed by atoms with Gasteiger partial charge in [-0.2, -0.15) is 0 Å². The van der Waals surface area contributed by atoms with E-state index in [1.54, 1.807) is 42.8 Å². The Labute approximate surface area is 188 Å². The van der Waals surface area contributed by atoms with Crippen molar-refractivity contribution in [3.63, 3.8) is 0 Å². The molecule has 0 aliphatic heterocycles. The molecule has 0 spiro atoms. The number of furan rings is 1. The van der Waals surface area contributed by atoms with Crippen LogP contribution in [0.4, 0.5) is 0 Å². The number of rotatable bonds is 4. The Morgan fingerprint density at radius 2 is 1.79 bits per heavy atom. The van der Waals surface area contributed by atoms with Crippen LogP contribution in [0.3, 0.4) is 0 Å². The van der Waals surface area contributed by atoms with Gasteiger partial charge in [-0.1, -0.05) is 42.5 Å². The van der Waals surface area contributed by atoms with Gasteiger partial charge >= 0.3 is 0 Å². The molecule has 0 radical (unpaired) electrons. The maximum Gasteiger partial charge on any atom is 0.270 e. The summed E-state index contributed by atoms with van der Waals surface area (Å²) in [5.41, 5.74) is 8.04. The second-order valence-electron chi connectivity index (χ2n) is 7.25. The molecule has 0 atom stereocenters. The predicted molar refractivity (Wildman–Crippen MR) is 126 cm³/mol. The first-order valence-corrected chi connectivity index (χ1v) is 10.2. The lowest BCUT2D eigenvalue weighted by Crippen LogP contribution is -2.40. The molecule has 2 N–H and O–H groups in total. The fourth-order valence-electron chi connectivity index (χ4n) is 3.57. The summed E-state index contributed by atoms with van der Waals surface area (Å²) >= 11 is 0. The zero-order chi connectivity index (χ0) is 22.6. The lowest BCUT2D eigenvalue weighted by atomic mass is 10.1. The Hall–Kier alpha value is -4.78. The lowest BCUT2D eigenvalue weighted by molar-refractivity contribution is -0.117. The molecule has 0 saturated heterocycles. The number of para-hydroxylation sites is 2. The number of hydrogen-bond donors (Lipinski definition) is 2. The van der Waals surface area contributed by atoms with Gasteiger partial charge in [-0.05, 0) is 36.4 Å². The summed E-state index contributed by atoms with van der Waals surface area (Å²) in [6.07, 6.45) is 6.26. The molecule has 3 aromatic heterocycles. The van der Waals surface area contributed by atoms with Gasteiger partial charge < -0.3 is 4.42 Å². The highest BCUT2D eigenvalue weighted by atomic mass is 16.3. The second-order valence-corrected chi connectivity index (χ2v) is 7.25. The second kappa shape index (κ2) is 8.76. The molecule has 0 aliphatic carbocycles. The fraction of sp³-hybridized carbons (Fsp3) is 0. The van der Waals surface area contributed by atoms with Crippen LogP contribution in [0.15, 0.2) is 95.7 Å². The highest BCUT2D eigenvalue weighted by molar-refractivity contribution is 6.08. The van der Waals surface area contributed by atoms with E-state index in [4.69, 9.17) is 4.42 Å². The molecule has 5 rings (SSSR count). The van der Waals surface area contributed by atoms with E-state index < -0.39 is 11.8 Å². The summed E-state index contributed by atoms with van der Waals surface area (Å²) < 4.78 is 5.43. The molecular formula is C26H18N4O3. The van der Waals surface area contributed by atoms with Gasteiger partial charge in [-0.15, -0.1) is 0 Å². The van der Waals surface area contributed by atoms with Crippen molar-refractivity contribution in [3.05, 3.63) is 102 Å². The molecule has 7 heteroatoms. The predicted octanol–water partition coefficient (Wildman–Crippen LogP) is 4.52. The third-order valence-corrected chi connectivity index (χ3v) is 5.11. The molecule has 33 heavy (non-hydrogen) atoms. The van der Waals surface area contributed by atoms with Crippen LogP contribution in [-0.2, 0) is 4.79 Å². The number of pyridine rings is 2. The van der Waals surface area contributed by atoms with Crippen LogP contribution in [0.5, 0.6) is 0 Å². The van der Waals surface area contributed by atoms with Gasteiger partial charge in [0.1, 0.15) is 5.69 Å². The normalized spacial score (nSPS) is 11.2. The topological polar surface area (TPSA) is 97.1 Å². The third kappa shape index (κ3) is 4.20. The summed E-state index contributed by atoms with van der Waals surface area (Å²) in [7, 11) is 0. The Morgan fingerprint density at radius 1 is 0.909 bits per heavy atom. The van der Waals surface area contributed by atoms with Gasteiger partial charge in [-0.3, -0.25) is 25.4 Å². The average Bonchev–Trinajstić information content (AvgIpc) is 3.40. The van der Waals surface area contributed by atoms with Crippen LogP contribution in [-0.4, -0.2) is 21.8 Å². The zero-order valence-electron chi connectivity index (χ0n) is 17.4. The molecule has 0 aliphatic rings. The van der Waals surface area contributed by atoms with Crippen molar-refractivity contribution in [2.45, 2.75) is 0 Å². The van der Waals surface area contributed by atoms with Gasteiger partial charge in [0, 0.05) is 28.6 Å². The summed E-state index contributed by atoms with van der Waals surface area (Å²) in [5.74, 6) is -0.388. The van der Waals surface area contributed by atoms with Crippen LogP contribution in [0, 0.1) is 0 Å². The highest BCUT2D eigenvalue weighted by Gasteiger charge is 2.15.